The number of halogens is 1. The number of aryl methyl sites for hydroxylation is 1. The molecule has 3 rings (SSSR count). The molecule has 25 heavy (non-hydrogen) atoms. The highest BCUT2D eigenvalue weighted by Gasteiger charge is 2.34. The van der Waals surface area contributed by atoms with Gasteiger partial charge in [0, 0.05) is 18.7 Å². The Bertz CT molecular complexity index is 828. The number of anilines is 1. The molecule has 2 aromatic rings. The number of fused-ring (bicyclic) bond motifs is 1. The van der Waals surface area contributed by atoms with Gasteiger partial charge in [-0.25, -0.2) is 4.39 Å². The average Bonchev–Trinajstić information content (AvgIpc) is 2.83. The van der Waals surface area contributed by atoms with Gasteiger partial charge in [-0.1, -0.05) is 18.2 Å². The summed E-state index contributed by atoms with van der Waals surface area (Å²) in [4.78, 5) is 37.5. The minimum absolute atomic E-state index is 0.128. The molecule has 0 aromatic heterocycles. The highest BCUT2D eigenvalue weighted by atomic mass is 19.1. The van der Waals surface area contributed by atoms with Crippen LogP contribution in [0.3, 0.4) is 0 Å². The summed E-state index contributed by atoms with van der Waals surface area (Å²) < 4.78 is 13.5. The van der Waals surface area contributed by atoms with Crippen LogP contribution in [0.4, 0.5) is 10.1 Å². The van der Waals surface area contributed by atoms with Crippen LogP contribution in [0.5, 0.6) is 0 Å². The third kappa shape index (κ3) is 3.42. The van der Waals surface area contributed by atoms with Gasteiger partial charge in [-0.2, -0.15) is 0 Å². The van der Waals surface area contributed by atoms with Crippen molar-refractivity contribution in [2.45, 2.75) is 19.8 Å². The maximum Gasteiger partial charge on any atom is 0.261 e. The standard InChI is InChI=1S/C19H17FN2O3/c1-12-8-9-13(11-16(12)20)21-17(23)7-4-10-22-18(24)14-5-2-3-6-15(14)19(22)25/h2-3,5-6,8-9,11H,4,7,10H2,1H3,(H,21,23). The second kappa shape index (κ2) is 6.84. The Kier molecular flexibility index (Phi) is 4.61. The fraction of sp³-hybridized carbons (Fsp3) is 0.211. The minimum atomic E-state index is -0.385. The molecule has 0 aliphatic carbocycles. The van der Waals surface area contributed by atoms with Gasteiger partial charge in [0.15, 0.2) is 0 Å². The number of hydrogen-bond donors (Lipinski definition) is 1. The lowest BCUT2D eigenvalue weighted by molar-refractivity contribution is -0.116. The molecule has 0 spiro atoms. The van der Waals surface area contributed by atoms with Crippen LogP contribution in [0, 0.1) is 12.7 Å². The van der Waals surface area contributed by atoms with E-state index in [0.29, 0.717) is 28.8 Å². The number of amides is 3. The number of benzene rings is 2. The molecule has 2 aromatic carbocycles. The van der Waals surface area contributed by atoms with Gasteiger partial charge in [0.2, 0.25) is 5.91 Å². The molecule has 0 fully saturated rings. The SMILES string of the molecule is Cc1ccc(NC(=O)CCCN2C(=O)c3ccccc3C2=O)cc1F. The van der Waals surface area contributed by atoms with E-state index in [1.807, 2.05) is 0 Å². The lowest BCUT2D eigenvalue weighted by Crippen LogP contribution is -2.31. The normalized spacial score (nSPS) is 13.1. The molecule has 0 saturated heterocycles. The van der Waals surface area contributed by atoms with Crippen molar-refractivity contribution >= 4 is 23.4 Å². The van der Waals surface area contributed by atoms with Gasteiger partial charge in [-0.15, -0.1) is 0 Å². The number of nitrogens with one attached hydrogen (secondary N) is 1. The molecule has 1 aliphatic heterocycles. The zero-order chi connectivity index (χ0) is 18.0. The van der Waals surface area contributed by atoms with E-state index in [1.165, 1.54) is 6.07 Å². The molecule has 128 valence electrons. The molecule has 5 nitrogen and oxygen atoms in total. The second-order valence-electron chi connectivity index (χ2n) is 5.92. The summed E-state index contributed by atoms with van der Waals surface area (Å²) in [6.07, 6.45) is 0.467. The van der Waals surface area contributed by atoms with Crippen molar-refractivity contribution in [3.05, 3.63) is 65.0 Å². The first-order valence-electron chi connectivity index (χ1n) is 7.98. The van der Waals surface area contributed by atoms with Crippen molar-refractivity contribution in [3.8, 4) is 0 Å². The third-order valence-electron chi connectivity index (χ3n) is 4.12. The first-order valence-corrected chi connectivity index (χ1v) is 7.98. The van der Waals surface area contributed by atoms with Crippen molar-refractivity contribution in [2.24, 2.45) is 0 Å². The number of rotatable bonds is 5. The van der Waals surface area contributed by atoms with Crippen LogP contribution in [0.25, 0.3) is 0 Å². The molecule has 1 heterocycles. The fourth-order valence-electron chi connectivity index (χ4n) is 2.73. The molecule has 0 unspecified atom stereocenters. The topological polar surface area (TPSA) is 66.5 Å². The van der Waals surface area contributed by atoms with E-state index in [-0.39, 0.29) is 36.5 Å². The zero-order valence-electron chi connectivity index (χ0n) is 13.7. The summed E-state index contributed by atoms with van der Waals surface area (Å²) in [5.74, 6) is -1.34. The van der Waals surface area contributed by atoms with Crippen LogP contribution in [0.1, 0.15) is 39.1 Å². The Morgan fingerprint density at radius 3 is 2.32 bits per heavy atom. The second-order valence-corrected chi connectivity index (χ2v) is 5.92. The Balaban J connectivity index is 1.53. The van der Waals surface area contributed by atoms with Crippen molar-refractivity contribution in [2.75, 3.05) is 11.9 Å². The summed E-state index contributed by atoms with van der Waals surface area (Å²) in [5, 5.41) is 2.61. The van der Waals surface area contributed by atoms with E-state index in [1.54, 1.807) is 43.3 Å². The maximum atomic E-state index is 13.5. The predicted octanol–water partition coefficient (Wildman–Crippen LogP) is 3.15. The van der Waals surface area contributed by atoms with Gasteiger partial charge in [-0.05, 0) is 43.2 Å². The van der Waals surface area contributed by atoms with E-state index >= 15 is 0 Å². The molecular weight excluding hydrogens is 323 g/mol. The van der Waals surface area contributed by atoms with Gasteiger partial charge < -0.3 is 5.32 Å². The Morgan fingerprint density at radius 1 is 1.08 bits per heavy atom. The summed E-state index contributed by atoms with van der Waals surface area (Å²) in [5.41, 5.74) is 1.68. The fourth-order valence-corrected chi connectivity index (χ4v) is 2.73. The number of imide groups is 1. The van der Waals surface area contributed by atoms with E-state index in [0.717, 1.165) is 4.90 Å². The van der Waals surface area contributed by atoms with Crippen LogP contribution in [0.15, 0.2) is 42.5 Å². The lowest BCUT2D eigenvalue weighted by Gasteiger charge is -2.13. The molecule has 1 N–H and O–H groups in total. The summed E-state index contributed by atoms with van der Waals surface area (Å²) >= 11 is 0. The Morgan fingerprint density at radius 2 is 1.72 bits per heavy atom. The third-order valence-corrected chi connectivity index (χ3v) is 4.12. The summed E-state index contributed by atoms with van der Waals surface area (Å²) in [6.45, 7) is 1.81. The number of hydrogen-bond acceptors (Lipinski definition) is 3. The van der Waals surface area contributed by atoms with Crippen molar-refractivity contribution < 1.29 is 18.8 Å². The molecule has 6 heteroatoms. The largest absolute Gasteiger partial charge is 0.326 e. The summed E-state index contributed by atoms with van der Waals surface area (Å²) in [6, 6.07) is 11.1. The van der Waals surface area contributed by atoms with Gasteiger partial charge >= 0.3 is 0 Å². The first kappa shape index (κ1) is 16.8. The molecule has 0 radical (unpaired) electrons. The Labute approximate surface area is 144 Å². The van der Waals surface area contributed by atoms with Crippen LogP contribution >= 0.6 is 0 Å². The van der Waals surface area contributed by atoms with Crippen molar-refractivity contribution in [3.63, 3.8) is 0 Å². The monoisotopic (exact) mass is 340 g/mol. The van der Waals surface area contributed by atoms with Gasteiger partial charge in [-0.3, -0.25) is 19.3 Å². The molecule has 1 aliphatic rings. The van der Waals surface area contributed by atoms with E-state index in [9.17, 15) is 18.8 Å². The van der Waals surface area contributed by atoms with Crippen LogP contribution in [-0.4, -0.2) is 29.2 Å². The van der Waals surface area contributed by atoms with Crippen molar-refractivity contribution in [1.29, 1.82) is 0 Å². The van der Waals surface area contributed by atoms with Crippen molar-refractivity contribution in [1.82, 2.24) is 4.90 Å². The maximum absolute atomic E-state index is 13.5. The van der Waals surface area contributed by atoms with E-state index in [4.69, 9.17) is 0 Å². The van der Waals surface area contributed by atoms with Gasteiger partial charge in [0.1, 0.15) is 5.82 Å². The van der Waals surface area contributed by atoms with Gasteiger partial charge in [0.05, 0.1) is 11.1 Å². The smallest absolute Gasteiger partial charge is 0.261 e. The van der Waals surface area contributed by atoms with Crippen LogP contribution < -0.4 is 5.32 Å². The molecule has 0 bridgehead atoms. The average molecular weight is 340 g/mol. The summed E-state index contributed by atoms with van der Waals surface area (Å²) in [7, 11) is 0. The first-order chi connectivity index (χ1) is 12.0. The predicted molar refractivity (Wildman–Crippen MR) is 90.8 cm³/mol. The van der Waals surface area contributed by atoms with Crippen LogP contribution in [-0.2, 0) is 4.79 Å². The molecular formula is C19H17FN2O3. The van der Waals surface area contributed by atoms with Crippen LogP contribution in [0.2, 0.25) is 0 Å². The number of carbonyl (C=O) groups is 3. The van der Waals surface area contributed by atoms with E-state index < -0.39 is 0 Å². The minimum Gasteiger partial charge on any atom is -0.326 e. The molecule has 0 saturated carbocycles. The lowest BCUT2D eigenvalue weighted by atomic mass is 10.1. The number of nitrogens with zero attached hydrogens (tertiary/aromatic N) is 1. The molecule has 3 amide bonds. The van der Waals surface area contributed by atoms with Gasteiger partial charge in [0.25, 0.3) is 11.8 Å². The molecule has 0 atom stereocenters. The Hall–Kier alpha value is -3.02. The zero-order valence-corrected chi connectivity index (χ0v) is 13.7. The number of carbonyl (C=O) groups excluding carboxylic acids is 3. The quantitative estimate of drug-likeness (QED) is 0.850. The highest BCUT2D eigenvalue weighted by Crippen LogP contribution is 2.22. The highest BCUT2D eigenvalue weighted by molar-refractivity contribution is 6.21. The van der Waals surface area contributed by atoms with E-state index in [2.05, 4.69) is 5.32 Å².